The zero-order valence-corrected chi connectivity index (χ0v) is 65.6. The summed E-state index contributed by atoms with van der Waals surface area (Å²) in [6.07, 6.45) is 28.2. The average molecular weight is 1590 g/mol. The molecule has 0 aliphatic heterocycles. The Morgan fingerprint density at radius 2 is 1.10 bits per heavy atom. The fraction of sp³-hybridized carbons (Fsp3) is 0.154. The Balaban J connectivity index is 0.000000134. The second-order valence-electron chi connectivity index (χ2n) is 27.4. The van der Waals surface area contributed by atoms with Gasteiger partial charge < -0.3 is 39.5 Å². The molecule has 0 bridgehead atoms. The van der Waals surface area contributed by atoms with Crippen LogP contribution in [0.5, 0.6) is 5.75 Å². The van der Waals surface area contributed by atoms with Crippen LogP contribution in [0.3, 0.4) is 0 Å². The number of hydrogen-bond donors (Lipinski definition) is 3. The van der Waals surface area contributed by atoms with E-state index < -0.39 is 11.6 Å². The number of terminal acetylenes is 1. The van der Waals surface area contributed by atoms with E-state index in [0.717, 1.165) is 79.7 Å². The van der Waals surface area contributed by atoms with E-state index in [-0.39, 0.29) is 70.3 Å². The summed E-state index contributed by atoms with van der Waals surface area (Å²) in [4.78, 5) is 117. The molecule has 0 unspecified atom stereocenters. The lowest BCUT2D eigenvalue weighted by Crippen LogP contribution is -2.13. The maximum Gasteiger partial charge on any atom is 0.255 e. The van der Waals surface area contributed by atoms with Crippen molar-refractivity contribution < 1.29 is 47.1 Å². The molecule has 24 heteroatoms. The maximum atomic E-state index is 14.4. The molecule has 0 spiro atoms. The highest BCUT2D eigenvalue weighted by Crippen LogP contribution is 2.42. The molecule has 3 aliphatic rings. The first-order valence-electron chi connectivity index (χ1n) is 36.5. The van der Waals surface area contributed by atoms with Crippen LogP contribution < -0.4 is 21.8 Å². The molecule has 5 aromatic carbocycles. The van der Waals surface area contributed by atoms with Crippen molar-refractivity contribution in [2.75, 3.05) is 18.6 Å². The smallest absolute Gasteiger partial charge is 0.255 e. The molecular formula is C91H74Cl2F2N10O9S. The summed E-state index contributed by atoms with van der Waals surface area (Å²) < 4.78 is 40.8. The summed E-state index contributed by atoms with van der Waals surface area (Å²) in [6, 6.07) is 36.5. The SMILES string of the molecule is C#Cc1ccc2c(c1)c(C1=CC=CCC1=O)c(C(C)=O)n2Cc1ccnc(N)c1.CC(=O)c1c(C2=CC=CCC2=O)c2cc(Cl)ccc2n1Cc1csc(N)n1.CCc1ccc2c(c1)c(-c1ccc[nH]c1=O)c(C(C)=O)n2Cc1cccnc1Cl.COc1ccc2c(c1)c(C1=CC=CCC1=O)c(C(C)=O)n2Cc1cc(F)ccc1F. The lowest BCUT2D eigenvalue weighted by atomic mass is 9.92. The minimum Gasteiger partial charge on any atom is -0.497 e. The second-order valence-corrected chi connectivity index (χ2v) is 29.0. The van der Waals surface area contributed by atoms with Gasteiger partial charge in [0.05, 0.1) is 55.2 Å². The first-order valence-corrected chi connectivity index (χ1v) is 38.2. The molecule has 8 heterocycles. The molecule has 5 N–H and O–H groups in total. The number of ketones is 7. The number of ether oxygens (including phenoxy) is 1. The molecule has 19 nitrogen and oxygen atoms in total. The third-order valence-electron chi connectivity index (χ3n) is 19.9. The van der Waals surface area contributed by atoms with E-state index in [4.69, 9.17) is 45.8 Å². The number of fused-ring (bicyclic) bond motifs is 4. The number of nitrogens with two attached hydrogens (primary N) is 2. The van der Waals surface area contributed by atoms with Gasteiger partial charge in [-0.3, -0.25) is 38.4 Å². The number of H-pyrrole nitrogens is 1. The molecule has 13 aromatic rings. The number of benzene rings is 5. The molecule has 0 radical (unpaired) electrons. The summed E-state index contributed by atoms with van der Waals surface area (Å²) in [5.41, 5.74) is 25.1. The van der Waals surface area contributed by atoms with E-state index in [1.807, 2.05) is 98.0 Å². The number of aryl methyl sites for hydroxylation is 1. The number of anilines is 2. The van der Waals surface area contributed by atoms with E-state index in [2.05, 4.69) is 38.8 Å². The van der Waals surface area contributed by atoms with Crippen molar-refractivity contribution in [3.63, 3.8) is 0 Å². The minimum atomic E-state index is -0.571. The predicted molar refractivity (Wildman–Crippen MR) is 450 cm³/mol. The van der Waals surface area contributed by atoms with Gasteiger partial charge in [0.25, 0.3) is 5.56 Å². The van der Waals surface area contributed by atoms with Gasteiger partial charge in [-0.2, -0.15) is 0 Å². The van der Waals surface area contributed by atoms with E-state index in [1.54, 1.807) is 102 Å². The fourth-order valence-corrected chi connectivity index (χ4v) is 15.8. The van der Waals surface area contributed by atoms with Crippen molar-refractivity contribution in [1.82, 2.24) is 38.2 Å². The van der Waals surface area contributed by atoms with Crippen molar-refractivity contribution in [3.8, 4) is 29.2 Å². The molecule has 8 aromatic heterocycles. The molecule has 0 amide bonds. The van der Waals surface area contributed by atoms with Gasteiger partial charge in [-0.05, 0) is 133 Å². The second kappa shape index (κ2) is 34.3. The van der Waals surface area contributed by atoms with Gasteiger partial charge in [0.1, 0.15) is 28.4 Å². The van der Waals surface area contributed by atoms with Crippen molar-refractivity contribution >= 4 is 146 Å². The van der Waals surface area contributed by atoms with Crippen LogP contribution in [-0.2, 0) is 47.0 Å². The molecule has 3 aliphatic carbocycles. The number of carbonyl (C=O) groups is 7. The van der Waals surface area contributed by atoms with E-state index in [0.29, 0.717) is 137 Å². The summed E-state index contributed by atoms with van der Waals surface area (Å²) in [7, 11) is 1.53. The number of allylic oxidation sites excluding steroid dienone is 12. The van der Waals surface area contributed by atoms with E-state index in [9.17, 15) is 47.1 Å². The third kappa shape index (κ3) is 16.5. The maximum absolute atomic E-state index is 14.4. The fourth-order valence-electron chi connectivity index (χ4n) is 14.9. The van der Waals surface area contributed by atoms with Crippen LogP contribution in [0.25, 0.3) is 71.5 Å². The Morgan fingerprint density at radius 1 is 0.565 bits per heavy atom. The van der Waals surface area contributed by atoms with Crippen molar-refractivity contribution in [3.05, 3.63) is 311 Å². The van der Waals surface area contributed by atoms with Gasteiger partial charge >= 0.3 is 0 Å². The Labute approximate surface area is 672 Å². The van der Waals surface area contributed by atoms with Gasteiger partial charge in [-0.25, -0.2) is 23.7 Å². The molecule has 576 valence electrons. The zero-order valence-electron chi connectivity index (χ0n) is 63.2. The highest BCUT2D eigenvalue weighted by atomic mass is 35.5. The first-order chi connectivity index (χ1) is 55.4. The monoisotopic (exact) mass is 1590 g/mol. The highest BCUT2D eigenvalue weighted by Gasteiger charge is 2.32. The molecule has 0 fully saturated rings. The van der Waals surface area contributed by atoms with Gasteiger partial charge in [0.2, 0.25) is 0 Å². The normalized spacial score (nSPS) is 13.0. The van der Waals surface area contributed by atoms with Crippen molar-refractivity contribution in [2.24, 2.45) is 0 Å². The van der Waals surface area contributed by atoms with Crippen LogP contribution in [-0.4, -0.2) is 85.8 Å². The lowest BCUT2D eigenvalue weighted by molar-refractivity contribution is -0.113. The molecule has 0 saturated carbocycles. The number of methoxy groups -OCH3 is 1. The predicted octanol–water partition coefficient (Wildman–Crippen LogP) is 18.2. The Kier molecular flexibility index (Phi) is 23.8. The number of aromatic amines is 1. The molecular weight excluding hydrogens is 1520 g/mol. The molecule has 16 rings (SSSR count). The van der Waals surface area contributed by atoms with Gasteiger partial charge in [0.15, 0.2) is 45.6 Å². The van der Waals surface area contributed by atoms with Crippen LogP contribution >= 0.6 is 34.5 Å². The topological polar surface area (TPSA) is 272 Å². The highest BCUT2D eigenvalue weighted by molar-refractivity contribution is 7.13. The van der Waals surface area contributed by atoms with E-state index in [1.165, 1.54) is 46.1 Å². The number of Topliss-reactive ketones (excluding diaryl/α,β-unsaturated/α-hetero) is 7. The van der Waals surface area contributed by atoms with Crippen LogP contribution in [0.4, 0.5) is 19.7 Å². The minimum absolute atomic E-state index is 0.0167. The number of pyridine rings is 3. The third-order valence-corrected chi connectivity index (χ3v) is 21.2. The number of hydrogen-bond acceptors (Lipinski definition) is 15. The van der Waals surface area contributed by atoms with Gasteiger partial charge in [-0.15, -0.1) is 17.8 Å². The molecule has 0 saturated heterocycles. The number of halogens is 4. The number of rotatable bonds is 18. The largest absolute Gasteiger partial charge is 0.497 e. The number of aromatic nitrogens is 8. The zero-order chi connectivity index (χ0) is 81.6. The average Bonchev–Trinajstić information content (AvgIpc) is 1.62. The molecule has 0 atom stereocenters. The summed E-state index contributed by atoms with van der Waals surface area (Å²) in [6.45, 7) is 9.16. The Hall–Kier alpha value is -13.3. The number of nitrogens with one attached hydrogen (secondary N) is 1. The number of nitrogen functional groups attached to an aromatic ring is 2. The van der Waals surface area contributed by atoms with Gasteiger partial charge in [-0.1, -0.05) is 103 Å². The summed E-state index contributed by atoms with van der Waals surface area (Å²) in [5, 5.41) is 6.39. The quantitative estimate of drug-likeness (QED) is 0.0409. The Bertz CT molecular complexity index is 6530. The van der Waals surface area contributed by atoms with Crippen LogP contribution in [0.15, 0.2) is 211 Å². The standard InChI is InChI=1S/C24H19F2NO3.C24H19N3O2.C23H20ClN3O2.C20H16ClN3O2S/c1-14(28)24-23(18-5-3-4-6-22(18)29)19-12-17(30-2)8-10-21(19)27(24)13-15-11-16(25)7-9-20(15)26;1-3-16-8-9-20-19(12-16)23(18-6-4-5-7-21(18)29)24(15(2)28)27(20)14-17-10-11-26-22(25)13-17;1-3-15-8-9-19-18(12-15)20(17-7-5-11-26-23(17)29)21(14(2)28)27(19)13-16-6-4-10-25-22(16)24;1-11(25)19-18(14-4-2-3-5-17(14)26)15-8-12(21)6-7-16(15)24(19)9-13-10-27-20(22)23-13/h3-5,7-12H,6,13H2,1-2H3;1,4-6,8-13H,7,14H2,2H3,(H2,25,26);4-12H,3,13H2,1-2H3,(H,26,29);2-4,6-8,10H,5,9H2,1H3,(H2,22,23). The van der Waals surface area contributed by atoms with Crippen molar-refractivity contribution in [2.45, 2.75) is 86.5 Å². The van der Waals surface area contributed by atoms with E-state index >= 15 is 0 Å². The Morgan fingerprint density at radius 3 is 1.63 bits per heavy atom. The number of thiazole rings is 1. The number of nitrogens with zero attached hydrogens (tertiary/aromatic N) is 7. The summed E-state index contributed by atoms with van der Waals surface area (Å²) >= 11 is 13.9. The summed E-state index contributed by atoms with van der Waals surface area (Å²) in [5.74, 6) is 1.69. The van der Waals surface area contributed by atoms with Crippen LogP contribution in [0, 0.1) is 24.0 Å². The van der Waals surface area contributed by atoms with Gasteiger partial charge in [0, 0.05) is 187 Å². The van der Waals surface area contributed by atoms with Crippen LogP contribution in [0.2, 0.25) is 10.2 Å². The lowest BCUT2D eigenvalue weighted by Gasteiger charge is -2.13. The first kappa shape index (κ1) is 79.7. The van der Waals surface area contributed by atoms with Crippen LogP contribution in [0.1, 0.15) is 146 Å². The molecule has 115 heavy (non-hydrogen) atoms. The van der Waals surface area contributed by atoms with Crippen molar-refractivity contribution in [1.29, 1.82) is 0 Å². The number of carbonyl (C=O) groups excluding carboxylic acids is 7.